The molecule has 11 nitrogen and oxygen atoms in total. The lowest BCUT2D eigenvalue weighted by Crippen LogP contribution is -2.49. The van der Waals surface area contributed by atoms with Crippen LogP contribution in [0.1, 0.15) is 41.8 Å². The molecule has 188 valence electrons. The number of rotatable bonds is 7. The van der Waals surface area contributed by atoms with Crippen LogP contribution < -0.4 is 20.5 Å². The summed E-state index contributed by atoms with van der Waals surface area (Å²) < 4.78 is 34.0. The SMILES string of the molecule is Cc1nc(N)nc(C)c1CNC(=O)CN1CCCC[C@H](NS(=O)(=O)c2ccc3c(c2)CCO3)C1=O. The van der Waals surface area contributed by atoms with Gasteiger partial charge in [-0.1, -0.05) is 0 Å². The van der Waals surface area contributed by atoms with Crippen molar-refractivity contribution in [2.75, 3.05) is 25.4 Å². The Morgan fingerprint density at radius 2 is 1.97 bits per heavy atom. The molecule has 35 heavy (non-hydrogen) atoms. The number of sulfonamides is 1. The zero-order valence-corrected chi connectivity index (χ0v) is 20.7. The quantitative estimate of drug-likeness (QED) is 0.496. The minimum Gasteiger partial charge on any atom is -0.493 e. The number of nitrogens with zero attached hydrogens (tertiary/aromatic N) is 3. The molecule has 4 rings (SSSR count). The zero-order valence-electron chi connectivity index (χ0n) is 19.8. The van der Waals surface area contributed by atoms with Gasteiger partial charge in [0, 0.05) is 36.5 Å². The Balaban J connectivity index is 1.40. The monoisotopic (exact) mass is 502 g/mol. The third-order valence-electron chi connectivity index (χ3n) is 6.28. The Hall–Kier alpha value is -3.25. The van der Waals surface area contributed by atoms with E-state index in [4.69, 9.17) is 10.5 Å². The predicted molar refractivity (Wildman–Crippen MR) is 128 cm³/mol. The van der Waals surface area contributed by atoms with Crippen molar-refractivity contribution in [3.8, 4) is 5.75 Å². The first-order valence-corrected chi connectivity index (χ1v) is 13.1. The van der Waals surface area contributed by atoms with Crippen LogP contribution in [0.15, 0.2) is 23.1 Å². The molecule has 3 heterocycles. The number of benzene rings is 1. The summed E-state index contributed by atoms with van der Waals surface area (Å²) in [5.74, 6) is 0.0968. The highest BCUT2D eigenvalue weighted by atomic mass is 32.2. The van der Waals surface area contributed by atoms with Crippen LogP contribution in [0.2, 0.25) is 0 Å². The molecular weight excluding hydrogens is 472 g/mol. The molecule has 0 radical (unpaired) electrons. The van der Waals surface area contributed by atoms with Gasteiger partial charge >= 0.3 is 0 Å². The summed E-state index contributed by atoms with van der Waals surface area (Å²) in [7, 11) is -3.92. The molecule has 2 aliphatic rings. The summed E-state index contributed by atoms with van der Waals surface area (Å²) in [5, 5.41) is 2.80. The van der Waals surface area contributed by atoms with E-state index in [9.17, 15) is 18.0 Å². The van der Waals surface area contributed by atoms with E-state index in [1.807, 2.05) is 0 Å². The smallest absolute Gasteiger partial charge is 0.241 e. The number of fused-ring (bicyclic) bond motifs is 1. The van der Waals surface area contributed by atoms with E-state index >= 15 is 0 Å². The summed E-state index contributed by atoms with van der Waals surface area (Å²) in [6, 6.07) is 3.76. The standard InChI is InChI=1S/C23H30N6O5S/c1-14-18(15(2)27-23(24)26-14)12-25-21(30)13-29-9-4-3-5-19(22(29)31)28-35(32,33)17-6-7-20-16(11-17)8-10-34-20/h6-7,11,19,28H,3-5,8-10,12-13H2,1-2H3,(H,25,30)(H2,24,26,27)/t19-/m0/s1. The largest absolute Gasteiger partial charge is 0.493 e. The highest BCUT2D eigenvalue weighted by Crippen LogP contribution is 2.28. The average molecular weight is 503 g/mol. The molecule has 0 spiro atoms. The van der Waals surface area contributed by atoms with Crippen molar-refractivity contribution in [1.82, 2.24) is 24.9 Å². The molecule has 1 aromatic heterocycles. The minimum atomic E-state index is -3.92. The van der Waals surface area contributed by atoms with E-state index < -0.39 is 22.0 Å². The number of nitrogen functional groups attached to an aromatic ring is 1. The van der Waals surface area contributed by atoms with E-state index in [1.54, 1.807) is 26.0 Å². The molecule has 0 bridgehead atoms. The van der Waals surface area contributed by atoms with Gasteiger partial charge in [0.05, 0.1) is 18.0 Å². The molecule has 1 saturated heterocycles. The maximum atomic E-state index is 13.2. The van der Waals surface area contributed by atoms with Crippen LogP contribution in [0.5, 0.6) is 5.75 Å². The Bertz CT molecular complexity index is 1230. The fourth-order valence-electron chi connectivity index (χ4n) is 4.39. The zero-order chi connectivity index (χ0) is 25.2. The molecule has 1 aromatic carbocycles. The summed E-state index contributed by atoms with van der Waals surface area (Å²) in [6.45, 7) is 4.52. The number of anilines is 1. The van der Waals surface area contributed by atoms with E-state index in [-0.39, 0.29) is 29.8 Å². The van der Waals surface area contributed by atoms with Gasteiger partial charge in [0.15, 0.2) is 0 Å². The fourth-order valence-corrected chi connectivity index (χ4v) is 5.67. The molecule has 12 heteroatoms. The van der Waals surface area contributed by atoms with Gasteiger partial charge < -0.3 is 20.7 Å². The number of carbonyl (C=O) groups is 2. The lowest BCUT2D eigenvalue weighted by atomic mass is 10.1. The van der Waals surface area contributed by atoms with E-state index in [0.29, 0.717) is 56.0 Å². The summed E-state index contributed by atoms with van der Waals surface area (Å²) in [4.78, 5) is 35.5. The number of ether oxygens (including phenoxy) is 1. The molecule has 0 unspecified atom stereocenters. The van der Waals surface area contributed by atoms with E-state index in [1.165, 1.54) is 11.0 Å². The van der Waals surface area contributed by atoms with Gasteiger partial charge in [-0.3, -0.25) is 9.59 Å². The Morgan fingerprint density at radius 1 is 1.23 bits per heavy atom. The van der Waals surface area contributed by atoms with Crippen molar-refractivity contribution in [2.24, 2.45) is 0 Å². The second-order valence-corrected chi connectivity index (χ2v) is 10.5. The lowest BCUT2D eigenvalue weighted by Gasteiger charge is -2.24. The number of aryl methyl sites for hydroxylation is 2. The fraction of sp³-hybridized carbons (Fsp3) is 0.478. The predicted octanol–water partition coefficient (Wildman–Crippen LogP) is 0.586. The number of hydrogen-bond acceptors (Lipinski definition) is 8. The third kappa shape index (κ3) is 5.70. The van der Waals surface area contributed by atoms with Gasteiger partial charge in [-0.05, 0) is 56.9 Å². The molecule has 0 saturated carbocycles. The second-order valence-electron chi connectivity index (χ2n) is 8.81. The number of hydrogen-bond donors (Lipinski definition) is 3. The van der Waals surface area contributed by atoms with Gasteiger partial charge in [0.1, 0.15) is 11.8 Å². The molecular formula is C23H30N6O5S. The van der Waals surface area contributed by atoms with Gasteiger partial charge in [-0.2, -0.15) is 4.72 Å². The van der Waals surface area contributed by atoms with Crippen LogP contribution in [-0.2, 0) is 32.6 Å². The Kier molecular flexibility index (Phi) is 7.22. The number of carbonyl (C=O) groups excluding carboxylic acids is 2. The van der Waals surface area contributed by atoms with Crippen molar-refractivity contribution >= 4 is 27.8 Å². The number of nitrogens with two attached hydrogens (primary N) is 1. The van der Waals surface area contributed by atoms with E-state index in [0.717, 1.165) is 11.1 Å². The number of aromatic nitrogens is 2. The first-order chi connectivity index (χ1) is 16.6. The van der Waals surface area contributed by atoms with Gasteiger partial charge in [0.2, 0.25) is 27.8 Å². The first-order valence-electron chi connectivity index (χ1n) is 11.6. The summed E-state index contributed by atoms with van der Waals surface area (Å²) >= 11 is 0. The molecule has 1 atom stereocenters. The number of amides is 2. The molecule has 4 N–H and O–H groups in total. The normalized spacial score (nSPS) is 18.1. The van der Waals surface area contributed by atoms with Gasteiger partial charge in [-0.25, -0.2) is 18.4 Å². The Morgan fingerprint density at radius 3 is 2.71 bits per heavy atom. The van der Waals surface area contributed by atoms with Crippen molar-refractivity contribution in [3.63, 3.8) is 0 Å². The highest BCUT2D eigenvalue weighted by Gasteiger charge is 2.32. The van der Waals surface area contributed by atoms with Crippen molar-refractivity contribution in [2.45, 2.75) is 57.0 Å². The topological polar surface area (TPSA) is 157 Å². The van der Waals surface area contributed by atoms with Gasteiger partial charge in [-0.15, -0.1) is 0 Å². The molecule has 2 aromatic rings. The van der Waals surface area contributed by atoms with Crippen molar-refractivity contribution in [3.05, 3.63) is 40.7 Å². The average Bonchev–Trinajstić information content (AvgIpc) is 3.20. The maximum Gasteiger partial charge on any atom is 0.241 e. The van der Waals surface area contributed by atoms with Crippen LogP contribution in [0.25, 0.3) is 0 Å². The number of likely N-dealkylation sites (tertiary alicyclic amines) is 1. The Labute approximate surface area is 204 Å². The van der Waals surface area contributed by atoms with Crippen molar-refractivity contribution < 1.29 is 22.7 Å². The summed E-state index contributed by atoms with van der Waals surface area (Å²) in [6.07, 6.45) is 2.35. The maximum absolute atomic E-state index is 13.2. The minimum absolute atomic E-state index is 0.0968. The highest BCUT2D eigenvalue weighted by molar-refractivity contribution is 7.89. The first kappa shape index (κ1) is 24.9. The van der Waals surface area contributed by atoms with Crippen LogP contribution in [-0.4, -0.2) is 60.8 Å². The van der Waals surface area contributed by atoms with Crippen LogP contribution in [0.3, 0.4) is 0 Å². The van der Waals surface area contributed by atoms with Gasteiger partial charge in [0.25, 0.3) is 0 Å². The van der Waals surface area contributed by atoms with Crippen LogP contribution >= 0.6 is 0 Å². The number of nitrogens with one attached hydrogen (secondary N) is 2. The summed E-state index contributed by atoms with van der Waals surface area (Å²) in [5.41, 5.74) is 8.59. The molecule has 2 aliphatic heterocycles. The third-order valence-corrected chi connectivity index (χ3v) is 7.75. The lowest BCUT2D eigenvalue weighted by molar-refractivity contribution is -0.136. The second kappa shape index (κ2) is 10.2. The molecule has 2 amide bonds. The molecule has 0 aliphatic carbocycles. The molecule has 1 fully saturated rings. The van der Waals surface area contributed by atoms with Crippen LogP contribution in [0.4, 0.5) is 5.95 Å². The van der Waals surface area contributed by atoms with Crippen molar-refractivity contribution in [1.29, 1.82) is 0 Å². The van der Waals surface area contributed by atoms with E-state index in [2.05, 4.69) is 20.0 Å². The van der Waals surface area contributed by atoms with Crippen LogP contribution in [0, 0.1) is 13.8 Å².